The summed E-state index contributed by atoms with van der Waals surface area (Å²) in [5.41, 5.74) is 0. The molecule has 1 nitrogen and oxygen atoms in total. The molecule has 2 aromatic carbocycles. The molecular weight excluding hydrogens is 312 g/mol. The van der Waals surface area contributed by atoms with Gasteiger partial charge in [0, 0.05) is 33.9 Å². The lowest BCUT2D eigenvalue weighted by atomic mass is 10.4. The minimum Gasteiger partial charge on any atom is -0.246 e. The van der Waals surface area contributed by atoms with Crippen LogP contribution in [-0.4, -0.2) is 10.2 Å². The summed E-state index contributed by atoms with van der Waals surface area (Å²) in [7, 11) is 0. The maximum absolute atomic E-state index is 5.47. The Kier molecular flexibility index (Phi) is 7.73. The van der Waals surface area contributed by atoms with Gasteiger partial charge in [-0.05, 0) is 24.3 Å². The van der Waals surface area contributed by atoms with Crippen molar-refractivity contribution < 1.29 is 3.63 Å². The average Bonchev–Trinajstić information content (AvgIpc) is 2.48. The zero-order chi connectivity index (χ0) is 13.2. The van der Waals surface area contributed by atoms with E-state index in [0.717, 1.165) is 10.2 Å². The molecule has 0 unspecified atom stereocenters. The van der Waals surface area contributed by atoms with Gasteiger partial charge in [0.25, 0.3) is 0 Å². The van der Waals surface area contributed by atoms with Crippen LogP contribution in [0.15, 0.2) is 70.5 Å². The number of rotatable bonds is 8. The van der Waals surface area contributed by atoms with Crippen LogP contribution in [0.1, 0.15) is 0 Å². The van der Waals surface area contributed by atoms with Crippen molar-refractivity contribution in [1.82, 2.24) is 0 Å². The Bertz CT molecular complexity index is 406. The molecule has 0 saturated carbocycles. The highest BCUT2D eigenvalue weighted by atomic mass is 32.3. The quantitative estimate of drug-likeness (QED) is 0.262. The highest BCUT2D eigenvalue weighted by Gasteiger charge is 1.96. The first-order valence-corrected chi connectivity index (χ1v) is 9.51. The fourth-order valence-electron chi connectivity index (χ4n) is 1.29. The monoisotopic (exact) mass is 326 g/mol. The largest absolute Gasteiger partial charge is 0.246 e. The highest BCUT2D eigenvalue weighted by Crippen LogP contribution is 2.28. The van der Waals surface area contributed by atoms with Crippen molar-refractivity contribution in [1.29, 1.82) is 0 Å². The molecule has 0 aliphatic carbocycles. The van der Waals surface area contributed by atoms with Gasteiger partial charge < -0.3 is 0 Å². The van der Waals surface area contributed by atoms with Crippen LogP contribution in [0.5, 0.6) is 0 Å². The maximum atomic E-state index is 5.47. The molecule has 2 rings (SSSR count). The first kappa shape index (κ1) is 15.2. The second-order valence-electron chi connectivity index (χ2n) is 3.45. The highest BCUT2D eigenvalue weighted by molar-refractivity contribution is 8.20. The smallest absolute Gasteiger partial charge is 0.0715 e. The summed E-state index contributed by atoms with van der Waals surface area (Å²) in [6.45, 7) is 0. The number of benzene rings is 2. The Morgan fingerprint density at radius 3 is 1.47 bits per heavy atom. The molecule has 19 heavy (non-hydrogen) atoms. The molecule has 0 radical (unpaired) electrons. The van der Waals surface area contributed by atoms with Gasteiger partial charge in [-0.3, -0.25) is 0 Å². The second kappa shape index (κ2) is 9.66. The molecule has 0 heterocycles. The van der Waals surface area contributed by atoms with Gasteiger partial charge in [0.2, 0.25) is 0 Å². The van der Waals surface area contributed by atoms with E-state index in [4.69, 9.17) is 3.63 Å². The van der Waals surface area contributed by atoms with Gasteiger partial charge >= 0.3 is 0 Å². The van der Waals surface area contributed by atoms with E-state index in [1.165, 1.54) is 33.9 Å². The molecular formula is C14H14OS4. The molecule has 0 N–H and O–H groups in total. The molecule has 0 amide bonds. The molecule has 0 aliphatic heterocycles. The number of thioether (sulfide) groups is 2. The molecule has 0 spiro atoms. The maximum Gasteiger partial charge on any atom is 0.0715 e. The summed E-state index contributed by atoms with van der Waals surface area (Å²) in [4.78, 5) is 2.56. The van der Waals surface area contributed by atoms with Crippen LogP contribution >= 0.6 is 47.6 Å². The first-order valence-electron chi connectivity index (χ1n) is 5.72. The van der Waals surface area contributed by atoms with E-state index in [2.05, 4.69) is 48.5 Å². The van der Waals surface area contributed by atoms with Crippen molar-refractivity contribution >= 4 is 47.6 Å². The SMILES string of the molecule is c1ccc(SCSOSCSc2ccccc2)cc1. The Morgan fingerprint density at radius 2 is 1.05 bits per heavy atom. The van der Waals surface area contributed by atoms with E-state index in [1.54, 1.807) is 23.5 Å². The van der Waals surface area contributed by atoms with E-state index < -0.39 is 0 Å². The summed E-state index contributed by atoms with van der Waals surface area (Å²) in [5, 5.41) is 1.82. The van der Waals surface area contributed by atoms with Gasteiger partial charge in [-0.25, -0.2) is 3.63 Å². The van der Waals surface area contributed by atoms with E-state index in [-0.39, 0.29) is 0 Å². The van der Waals surface area contributed by atoms with Crippen LogP contribution in [-0.2, 0) is 3.63 Å². The van der Waals surface area contributed by atoms with Gasteiger partial charge in [0.05, 0.1) is 10.2 Å². The van der Waals surface area contributed by atoms with E-state index in [0.29, 0.717) is 0 Å². The van der Waals surface area contributed by atoms with Crippen LogP contribution in [0.4, 0.5) is 0 Å². The van der Waals surface area contributed by atoms with Crippen molar-refractivity contribution in [2.45, 2.75) is 9.79 Å². The Morgan fingerprint density at radius 1 is 0.632 bits per heavy atom. The normalized spacial score (nSPS) is 10.5. The summed E-state index contributed by atoms with van der Waals surface area (Å²) in [5.74, 6) is 0. The van der Waals surface area contributed by atoms with E-state index >= 15 is 0 Å². The second-order valence-corrected chi connectivity index (χ2v) is 7.88. The van der Waals surface area contributed by atoms with Crippen molar-refractivity contribution in [2.75, 3.05) is 10.2 Å². The molecule has 2 aromatic rings. The lowest BCUT2D eigenvalue weighted by Crippen LogP contribution is -1.75. The minimum atomic E-state index is 0.910. The first-order chi connectivity index (χ1) is 9.45. The Labute approximate surface area is 131 Å². The van der Waals surface area contributed by atoms with Crippen molar-refractivity contribution in [3.63, 3.8) is 0 Å². The van der Waals surface area contributed by atoms with E-state index in [9.17, 15) is 0 Å². The predicted octanol–water partition coefficient (Wildman–Crippen LogP) is 5.80. The summed E-state index contributed by atoms with van der Waals surface area (Å²) < 4.78 is 5.47. The third kappa shape index (κ3) is 6.68. The predicted molar refractivity (Wildman–Crippen MR) is 90.6 cm³/mol. The summed E-state index contributed by atoms with van der Waals surface area (Å²) >= 11 is 6.58. The lowest BCUT2D eigenvalue weighted by Gasteiger charge is -2.02. The topological polar surface area (TPSA) is 9.23 Å². The molecule has 0 fully saturated rings. The summed E-state index contributed by atoms with van der Waals surface area (Å²) in [6, 6.07) is 20.7. The third-order valence-electron chi connectivity index (χ3n) is 2.13. The van der Waals surface area contributed by atoms with Crippen LogP contribution in [0, 0.1) is 0 Å². The molecule has 0 aliphatic rings. The Hall–Kier alpha value is -0.200. The molecule has 100 valence electrons. The molecule has 0 atom stereocenters. The van der Waals surface area contributed by atoms with Crippen LogP contribution in [0.25, 0.3) is 0 Å². The average molecular weight is 327 g/mol. The standard InChI is InChI=1S/C14H14OS4/c1-3-7-13(8-4-1)16-11-18-15-19-12-17-14-9-5-2-6-10-14/h1-10H,11-12H2. The van der Waals surface area contributed by atoms with Crippen LogP contribution in [0.2, 0.25) is 0 Å². The van der Waals surface area contributed by atoms with Gasteiger partial charge in [0.1, 0.15) is 0 Å². The number of hydrogen-bond acceptors (Lipinski definition) is 5. The molecule has 0 saturated heterocycles. The molecule has 5 heteroatoms. The van der Waals surface area contributed by atoms with Gasteiger partial charge in [0.15, 0.2) is 0 Å². The third-order valence-corrected chi connectivity index (χ3v) is 5.82. The lowest BCUT2D eigenvalue weighted by molar-refractivity contribution is 0.767. The zero-order valence-corrected chi connectivity index (χ0v) is 13.5. The van der Waals surface area contributed by atoms with Crippen molar-refractivity contribution in [2.24, 2.45) is 0 Å². The van der Waals surface area contributed by atoms with Gasteiger partial charge in [-0.15, -0.1) is 23.5 Å². The van der Waals surface area contributed by atoms with Crippen molar-refractivity contribution in [3.8, 4) is 0 Å². The van der Waals surface area contributed by atoms with Crippen molar-refractivity contribution in [3.05, 3.63) is 60.7 Å². The zero-order valence-electron chi connectivity index (χ0n) is 10.2. The summed E-state index contributed by atoms with van der Waals surface area (Å²) in [6.07, 6.45) is 0. The van der Waals surface area contributed by atoms with E-state index in [1.807, 2.05) is 12.1 Å². The fraction of sp³-hybridized carbons (Fsp3) is 0.143. The Balaban J connectivity index is 1.49. The van der Waals surface area contributed by atoms with Crippen LogP contribution in [0.3, 0.4) is 0 Å². The fourth-order valence-corrected chi connectivity index (χ4v) is 4.76. The van der Waals surface area contributed by atoms with Crippen LogP contribution < -0.4 is 0 Å². The molecule has 0 aromatic heterocycles. The number of hydrogen-bond donors (Lipinski definition) is 0. The van der Waals surface area contributed by atoms with Gasteiger partial charge in [-0.2, -0.15) is 0 Å². The minimum absolute atomic E-state index is 0.910. The van der Waals surface area contributed by atoms with Gasteiger partial charge in [-0.1, -0.05) is 36.4 Å². The molecule has 0 bridgehead atoms.